The maximum atomic E-state index is 11.9. The molecule has 4 nitrogen and oxygen atoms in total. The predicted molar refractivity (Wildman–Crippen MR) is 70.0 cm³/mol. The molecule has 1 heterocycles. The Morgan fingerprint density at radius 1 is 1.41 bits per heavy atom. The smallest absolute Gasteiger partial charge is 0.239 e. The Bertz CT molecular complexity index is 365. The fourth-order valence-corrected chi connectivity index (χ4v) is 3.32. The minimum Gasteiger partial charge on any atom is -0.294 e. The SMILES string of the molecule is C[C@@H](SC1CCCC1)C(=O)Nc1ncccn1. The molecule has 1 aromatic rings. The number of nitrogens with one attached hydrogen (secondary N) is 1. The molecule has 1 aliphatic carbocycles. The van der Waals surface area contributed by atoms with Crippen molar-refractivity contribution in [3.63, 3.8) is 0 Å². The summed E-state index contributed by atoms with van der Waals surface area (Å²) in [5.74, 6) is 0.379. The van der Waals surface area contributed by atoms with Crippen molar-refractivity contribution in [2.75, 3.05) is 5.32 Å². The molecule has 92 valence electrons. The van der Waals surface area contributed by atoms with Crippen LogP contribution in [0.3, 0.4) is 0 Å². The largest absolute Gasteiger partial charge is 0.294 e. The second kappa shape index (κ2) is 6.00. The Labute approximate surface area is 106 Å². The van der Waals surface area contributed by atoms with Crippen LogP contribution in [-0.4, -0.2) is 26.4 Å². The molecular formula is C12H17N3OS. The number of aromatic nitrogens is 2. The van der Waals surface area contributed by atoms with E-state index in [0.717, 1.165) is 0 Å². The molecule has 17 heavy (non-hydrogen) atoms. The van der Waals surface area contributed by atoms with Crippen LogP contribution in [0.25, 0.3) is 0 Å². The number of rotatable bonds is 4. The van der Waals surface area contributed by atoms with Gasteiger partial charge in [0.1, 0.15) is 0 Å². The van der Waals surface area contributed by atoms with Crippen molar-refractivity contribution in [2.24, 2.45) is 0 Å². The van der Waals surface area contributed by atoms with Crippen LogP contribution in [-0.2, 0) is 4.79 Å². The topological polar surface area (TPSA) is 54.9 Å². The van der Waals surface area contributed by atoms with Crippen molar-refractivity contribution >= 4 is 23.6 Å². The number of nitrogens with zero attached hydrogens (tertiary/aromatic N) is 2. The van der Waals surface area contributed by atoms with Crippen LogP contribution < -0.4 is 5.32 Å². The normalized spacial score (nSPS) is 17.9. The number of carbonyl (C=O) groups excluding carboxylic acids is 1. The van der Waals surface area contributed by atoms with Crippen molar-refractivity contribution in [3.05, 3.63) is 18.5 Å². The zero-order chi connectivity index (χ0) is 12.1. The molecule has 1 aromatic heterocycles. The zero-order valence-electron chi connectivity index (χ0n) is 9.93. The minimum absolute atomic E-state index is 0.00639. The van der Waals surface area contributed by atoms with Gasteiger partial charge in [0.05, 0.1) is 5.25 Å². The van der Waals surface area contributed by atoms with E-state index in [2.05, 4.69) is 15.3 Å². The summed E-state index contributed by atoms with van der Waals surface area (Å²) in [4.78, 5) is 19.8. The second-order valence-corrected chi connectivity index (χ2v) is 5.89. The van der Waals surface area contributed by atoms with Gasteiger partial charge in [-0.3, -0.25) is 10.1 Å². The van der Waals surface area contributed by atoms with E-state index in [4.69, 9.17) is 0 Å². The van der Waals surface area contributed by atoms with Crippen LogP contribution in [0.5, 0.6) is 0 Å². The van der Waals surface area contributed by atoms with Gasteiger partial charge in [0.2, 0.25) is 11.9 Å². The maximum Gasteiger partial charge on any atom is 0.239 e. The average molecular weight is 251 g/mol. The number of hydrogen-bond donors (Lipinski definition) is 1. The summed E-state index contributed by atoms with van der Waals surface area (Å²) in [6, 6.07) is 1.73. The molecule has 1 saturated carbocycles. The molecule has 0 unspecified atom stereocenters. The Morgan fingerprint density at radius 3 is 2.71 bits per heavy atom. The summed E-state index contributed by atoms with van der Waals surface area (Å²) in [7, 11) is 0. The first-order chi connectivity index (χ1) is 8.25. The van der Waals surface area contributed by atoms with E-state index in [1.165, 1.54) is 25.7 Å². The summed E-state index contributed by atoms with van der Waals surface area (Å²) in [6.07, 6.45) is 8.32. The van der Waals surface area contributed by atoms with Gasteiger partial charge in [0.15, 0.2) is 0 Å². The first-order valence-electron chi connectivity index (χ1n) is 5.99. The Kier molecular flexibility index (Phi) is 4.36. The van der Waals surface area contributed by atoms with Gasteiger partial charge >= 0.3 is 0 Å². The molecule has 1 atom stereocenters. The third-order valence-corrected chi connectivity index (χ3v) is 4.35. The number of carbonyl (C=O) groups is 1. The molecule has 5 heteroatoms. The van der Waals surface area contributed by atoms with Gasteiger partial charge in [-0.2, -0.15) is 0 Å². The van der Waals surface area contributed by atoms with Crippen LogP contribution in [0.15, 0.2) is 18.5 Å². The van der Waals surface area contributed by atoms with Crippen molar-refractivity contribution in [3.8, 4) is 0 Å². The molecule has 0 spiro atoms. The summed E-state index contributed by atoms with van der Waals surface area (Å²) >= 11 is 1.77. The Morgan fingerprint density at radius 2 is 2.06 bits per heavy atom. The number of amides is 1. The highest BCUT2D eigenvalue weighted by Crippen LogP contribution is 2.32. The molecule has 2 rings (SSSR count). The lowest BCUT2D eigenvalue weighted by Gasteiger charge is -2.15. The molecule has 1 aliphatic rings. The van der Waals surface area contributed by atoms with Gasteiger partial charge in [-0.15, -0.1) is 11.8 Å². The summed E-state index contributed by atoms with van der Waals surface area (Å²) < 4.78 is 0. The van der Waals surface area contributed by atoms with Crippen LogP contribution >= 0.6 is 11.8 Å². The molecule has 1 amide bonds. The molecule has 0 aromatic carbocycles. The molecule has 0 radical (unpaired) electrons. The van der Waals surface area contributed by atoms with E-state index in [1.807, 2.05) is 6.92 Å². The van der Waals surface area contributed by atoms with E-state index in [9.17, 15) is 4.79 Å². The van der Waals surface area contributed by atoms with Gasteiger partial charge in [-0.1, -0.05) is 12.8 Å². The number of thioether (sulfide) groups is 1. The highest BCUT2D eigenvalue weighted by atomic mass is 32.2. The second-order valence-electron chi connectivity index (χ2n) is 4.25. The van der Waals surface area contributed by atoms with Crippen LogP contribution in [0.4, 0.5) is 5.95 Å². The third-order valence-electron chi connectivity index (χ3n) is 2.87. The van der Waals surface area contributed by atoms with Crippen molar-refractivity contribution in [1.29, 1.82) is 0 Å². The van der Waals surface area contributed by atoms with Crippen LogP contribution in [0.2, 0.25) is 0 Å². The van der Waals surface area contributed by atoms with Gasteiger partial charge in [0, 0.05) is 17.6 Å². The van der Waals surface area contributed by atoms with Gasteiger partial charge in [-0.05, 0) is 25.8 Å². The monoisotopic (exact) mass is 251 g/mol. The number of anilines is 1. The Hall–Kier alpha value is -1.10. The highest BCUT2D eigenvalue weighted by Gasteiger charge is 2.22. The molecule has 1 fully saturated rings. The van der Waals surface area contributed by atoms with E-state index in [1.54, 1.807) is 30.2 Å². The van der Waals surface area contributed by atoms with E-state index in [-0.39, 0.29) is 11.2 Å². The number of hydrogen-bond acceptors (Lipinski definition) is 4. The van der Waals surface area contributed by atoms with Crippen LogP contribution in [0, 0.1) is 0 Å². The summed E-state index contributed by atoms with van der Waals surface area (Å²) in [6.45, 7) is 1.95. The predicted octanol–water partition coefficient (Wildman–Crippen LogP) is 2.48. The summed E-state index contributed by atoms with van der Waals surface area (Å²) in [5.41, 5.74) is 0. The molecule has 0 bridgehead atoms. The standard InChI is InChI=1S/C12H17N3OS/c1-9(17-10-5-2-3-6-10)11(16)15-12-13-7-4-8-14-12/h4,7-10H,2-3,5-6H2,1H3,(H,13,14,15,16)/t9-/m1/s1. The quantitative estimate of drug-likeness (QED) is 0.893. The summed E-state index contributed by atoms with van der Waals surface area (Å²) in [5, 5.41) is 3.34. The maximum absolute atomic E-state index is 11.9. The third kappa shape index (κ3) is 3.70. The Balaban J connectivity index is 1.82. The van der Waals surface area contributed by atoms with Gasteiger partial charge in [0.25, 0.3) is 0 Å². The first-order valence-corrected chi connectivity index (χ1v) is 6.93. The van der Waals surface area contributed by atoms with Crippen molar-refractivity contribution in [1.82, 2.24) is 9.97 Å². The zero-order valence-corrected chi connectivity index (χ0v) is 10.7. The lowest BCUT2D eigenvalue weighted by molar-refractivity contribution is -0.115. The van der Waals surface area contributed by atoms with E-state index in [0.29, 0.717) is 11.2 Å². The van der Waals surface area contributed by atoms with E-state index < -0.39 is 0 Å². The molecular weight excluding hydrogens is 234 g/mol. The van der Waals surface area contributed by atoms with E-state index >= 15 is 0 Å². The molecule has 0 aliphatic heterocycles. The lowest BCUT2D eigenvalue weighted by atomic mass is 10.4. The highest BCUT2D eigenvalue weighted by molar-refractivity contribution is 8.01. The van der Waals surface area contributed by atoms with Gasteiger partial charge in [-0.25, -0.2) is 9.97 Å². The van der Waals surface area contributed by atoms with Crippen molar-refractivity contribution in [2.45, 2.75) is 43.1 Å². The first kappa shape index (κ1) is 12.4. The van der Waals surface area contributed by atoms with Crippen molar-refractivity contribution < 1.29 is 4.79 Å². The molecule has 0 saturated heterocycles. The lowest BCUT2D eigenvalue weighted by Crippen LogP contribution is -2.25. The molecule has 1 N–H and O–H groups in total. The van der Waals surface area contributed by atoms with Crippen LogP contribution in [0.1, 0.15) is 32.6 Å². The fraction of sp³-hybridized carbons (Fsp3) is 0.583. The fourth-order valence-electron chi connectivity index (χ4n) is 1.95. The van der Waals surface area contributed by atoms with Gasteiger partial charge < -0.3 is 0 Å². The average Bonchev–Trinajstić information content (AvgIpc) is 2.83. The minimum atomic E-state index is -0.0399.